The summed E-state index contributed by atoms with van der Waals surface area (Å²) < 4.78 is 0. The summed E-state index contributed by atoms with van der Waals surface area (Å²) in [5, 5.41) is 2.84. The van der Waals surface area contributed by atoms with Crippen LogP contribution in [0.5, 0.6) is 0 Å². The first-order chi connectivity index (χ1) is 11.1. The topological polar surface area (TPSA) is 55.1 Å². The molecule has 0 aliphatic carbocycles. The second kappa shape index (κ2) is 6.36. The van der Waals surface area contributed by atoms with Gasteiger partial charge in [-0.3, -0.25) is 4.79 Å². The fourth-order valence-electron chi connectivity index (χ4n) is 2.60. The minimum atomic E-state index is -0.0794. The lowest BCUT2D eigenvalue weighted by molar-refractivity contribution is -0.114. The number of nitrogen functional groups attached to an aromatic ring is 1. The number of nitrogens with two attached hydrogens (primary N) is 1. The number of carbonyl (C=O) groups excluding carboxylic acids is 1. The van der Waals surface area contributed by atoms with Gasteiger partial charge >= 0.3 is 0 Å². The zero-order valence-corrected chi connectivity index (χ0v) is 12.9. The number of rotatable bonds is 3. The predicted octanol–water partition coefficient (Wildman–Crippen LogP) is 4.56. The van der Waals surface area contributed by atoms with Gasteiger partial charge in [0.25, 0.3) is 0 Å². The van der Waals surface area contributed by atoms with Crippen molar-refractivity contribution in [2.75, 3.05) is 11.1 Å². The zero-order valence-electron chi connectivity index (χ0n) is 12.9. The van der Waals surface area contributed by atoms with Crippen molar-refractivity contribution in [2.45, 2.75) is 6.92 Å². The van der Waals surface area contributed by atoms with E-state index in [4.69, 9.17) is 5.73 Å². The highest BCUT2D eigenvalue weighted by atomic mass is 16.1. The average molecular weight is 302 g/mol. The fraction of sp³-hybridized carbons (Fsp3) is 0.0500. The van der Waals surface area contributed by atoms with Crippen LogP contribution in [0.1, 0.15) is 6.92 Å². The monoisotopic (exact) mass is 302 g/mol. The Morgan fingerprint density at radius 3 is 2.13 bits per heavy atom. The van der Waals surface area contributed by atoms with Gasteiger partial charge in [0, 0.05) is 18.3 Å². The number of hydrogen-bond acceptors (Lipinski definition) is 2. The van der Waals surface area contributed by atoms with Crippen LogP contribution < -0.4 is 11.1 Å². The first-order valence-corrected chi connectivity index (χ1v) is 7.46. The second-order valence-corrected chi connectivity index (χ2v) is 5.43. The Hall–Kier alpha value is -3.07. The van der Waals surface area contributed by atoms with Crippen LogP contribution in [-0.4, -0.2) is 5.91 Å². The SMILES string of the molecule is CC(=O)Nc1ccc(-c2ccc(N)cc2)c(-c2ccccc2)c1. The molecular weight excluding hydrogens is 284 g/mol. The molecule has 3 rings (SSSR count). The third-order valence-corrected chi connectivity index (χ3v) is 3.65. The lowest BCUT2D eigenvalue weighted by atomic mass is 9.94. The molecule has 0 unspecified atom stereocenters. The normalized spacial score (nSPS) is 10.3. The van der Waals surface area contributed by atoms with Gasteiger partial charge in [0.1, 0.15) is 0 Å². The van der Waals surface area contributed by atoms with Crippen molar-refractivity contribution in [2.24, 2.45) is 0 Å². The number of hydrogen-bond donors (Lipinski definition) is 2. The fourth-order valence-corrected chi connectivity index (χ4v) is 2.60. The molecule has 3 nitrogen and oxygen atoms in total. The Bertz CT molecular complexity index is 824. The summed E-state index contributed by atoms with van der Waals surface area (Å²) in [5.74, 6) is -0.0794. The quantitative estimate of drug-likeness (QED) is 0.697. The van der Waals surface area contributed by atoms with Crippen molar-refractivity contribution in [3.05, 3.63) is 72.8 Å². The molecular formula is C20H18N2O. The van der Waals surface area contributed by atoms with Gasteiger partial charge in [0.2, 0.25) is 5.91 Å². The lowest BCUT2D eigenvalue weighted by Gasteiger charge is -2.13. The number of amides is 1. The number of carbonyl (C=O) groups is 1. The second-order valence-electron chi connectivity index (χ2n) is 5.43. The van der Waals surface area contributed by atoms with E-state index in [1.165, 1.54) is 6.92 Å². The first-order valence-electron chi connectivity index (χ1n) is 7.46. The Morgan fingerprint density at radius 2 is 1.48 bits per heavy atom. The van der Waals surface area contributed by atoms with Crippen LogP contribution in [0.2, 0.25) is 0 Å². The molecule has 0 atom stereocenters. The number of nitrogens with one attached hydrogen (secondary N) is 1. The summed E-state index contributed by atoms with van der Waals surface area (Å²) in [6, 6.07) is 23.9. The van der Waals surface area contributed by atoms with Crippen molar-refractivity contribution >= 4 is 17.3 Å². The maximum atomic E-state index is 11.3. The van der Waals surface area contributed by atoms with Gasteiger partial charge in [0.05, 0.1) is 0 Å². The van der Waals surface area contributed by atoms with E-state index < -0.39 is 0 Å². The minimum Gasteiger partial charge on any atom is -0.399 e. The Morgan fingerprint density at radius 1 is 0.826 bits per heavy atom. The van der Waals surface area contributed by atoms with Crippen molar-refractivity contribution in [1.29, 1.82) is 0 Å². The van der Waals surface area contributed by atoms with Crippen LogP contribution in [0, 0.1) is 0 Å². The van der Waals surface area contributed by atoms with E-state index in [2.05, 4.69) is 17.4 Å². The molecule has 0 aliphatic rings. The molecule has 3 heteroatoms. The Kier molecular flexibility index (Phi) is 4.11. The van der Waals surface area contributed by atoms with Crippen LogP contribution in [0.3, 0.4) is 0 Å². The summed E-state index contributed by atoms with van der Waals surface area (Å²) in [4.78, 5) is 11.3. The highest BCUT2D eigenvalue weighted by Crippen LogP contribution is 2.34. The first kappa shape index (κ1) is 14.9. The molecule has 0 aliphatic heterocycles. The third kappa shape index (κ3) is 3.40. The largest absolute Gasteiger partial charge is 0.399 e. The van der Waals surface area contributed by atoms with Crippen molar-refractivity contribution in [1.82, 2.24) is 0 Å². The number of benzene rings is 3. The van der Waals surface area contributed by atoms with E-state index in [0.717, 1.165) is 33.6 Å². The van der Waals surface area contributed by atoms with Crippen molar-refractivity contribution in [3.63, 3.8) is 0 Å². The molecule has 0 aromatic heterocycles. The molecule has 1 amide bonds. The Balaban J connectivity index is 2.15. The summed E-state index contributed by atoms with van der Waals surface area (Å²) in [5.41, 5.74) is 11.7. The molecule has 0 saturated heterocycles. The molecule has 0 bridgehead atoms. The van der Waals surface area contributed by atoms with E-state index in [0.29, 0.717) is 0 Å². The van der Waals surface area contributed by atoms with Crippen LogP contribution in [0.15, 0.2) is 72.8 Å². The maximum absolute atomic E-state index is 11.3. The van der Waals surface area contributed by atoms with Gasteiger partial charge in [-0.2, -0.15) is 0 Å². The maximum Gasteiger partial charge on any atom is 0.221 e. The average Bonchev–Trinajstić information content (AvgIpc) is 2.56. The van der Waals surface area contributed by atoms with E-state index in [-0.39, 0.29) is 5.91 Å². The highest BCUT2D eigenvalue weighted by Gasteiger charge is 2.09. The summed E-state index contributed by atoms with van der Waals surface area (Å²) in [6.45, 7) is 1.51. The van der Waals surface area contributed by atoms with Crippen molar-refractivity contribution < 1.29 is 4.79 Å². The molecule has 0 spiro atoms. The third-order valence-electron chi connectivity index (χ3n) is 3.65. The standard InChI is InChI=1S/C20H18N2O/c1-14(23)22-18-11-12-19(16-7-9-17(21)10-8-16)20(13-18)15-5-3-2-4-6-15/h2-13H,21H2,1H3,(H,22,23). The molecule has 114 valence electrons. The van der Waals surface area contributed by atoms with Gasteiger partial charge in [-0.25, -0.2) is 0 Å². The number of anilines is 2. The molecule has 3 aromatic carbocycles. The van der Waals surface area contributed by atoms with Gasteiger partial charge < -0.3 is 11.1 Å². The van der Waals surface area contributed by atoms with E-state index in [9.17, 15) is 4.79 Å². The van der Waals surface area contributed by atoms with E-state index >= 15 is 0 Å². The van der Waals surface area contributed by atoms with Crippen LogP contribution >= 0.6 is 0 Å². The molecule has 0 saturated carbocycles. The molecule has 0 radical (unpaired) electrons. The van der Waals surface area contributed by atoms with Crippen LogP contribution in [0.25, 0.3) is 22.3 Å². The van der Waals surface area contributed by atoms with E-state index in [1.54, 1.807) is 0 Å². The van der Waals surface area contributed by atoms with Crippen LogP contribution in [0.4, 0.5) is 11.4 Å². The van der Waals surface area contributed by atoms with Crippen LogP contribution in [-0.2, 0) is 4.79 Å². The van der Waals surface area contributed by atoms with E-state index in [1.807, 2.05) is 60.7 Å². The molecule has 23 heavy (non-hydrogen) atoms. The highest BCUT2D eigenvalue weighted by molar-refractivity contribution is 5.92. The summed E-state index contributed by atoms with van der Waals surface area (Å²) >= 11 is 0. The van der Waals surface area contributed by atoms with Crippen molar-refractivity contribution in [3.8, 4) is 22.3 Å². The lowest BCUT2D eigenvalue weighted by Crippen LogP contribution is -2.05. The van der Waals surface area contributed by atoms with Gasteiger partial charge in [-0.1, -0.05) is 48.5 Å². The minimum absolute atomic E-state index is 0.0794. The summed E-state index contributed by atoms with van der Waals surface area (Å²) in [7, 11) is 0. The molecule has 0 fully saturated rings. The Labute approximate surface area is 135 Å². The zero-order chi connectivity index (χ0) is 16.2. The molecule has 0 heterocycles. The van der Waals surface area contributed by atoms with Gasteiger partial charge in [-0.05, 0) is 46.5 Å². The molecule has 3 N–H and O–H groups in total. The van der Waals surface area contributed by atoms with Gasteiger partial charge in [0.15, 0.2) is 0 Å². The van der Waals surface area contributed by atoms with Gasteiger partial charge in [-0.15, -0.1) is 0 Å². The smallest absolute Gasteiger partial charge is 0.221 e. The predicted molar refractivity (Wildman–Crippen MR) is 96.0 cm³/mol. The summed E-state index contributed by atoms with van der Waals surface area (Å²) in [6.07, 6.45) is 0. The molecule has 3 aromatic rings.